The standard InChI is InChI=1S/C25H20F2N2O3.C17H15F2NO2.C13H9F2NO3.C8H6INO.C3H7N/c26-20-10-8-17(12-21(20)27)15-29-11-3-5-19(25(29)32)23(30)6-2-1-4-16-7-9-18-14-24(31)28-22(18)13-16;1-2-3-6-16(21)13-5-4-9-20(17(13)22)11-12-7-8-14(18)15(19)10-12;14-10-4-3-8(6-11(10)15)7-16-5-1-2-9(12(16)17)13(18)19;9-6-2-1-5-3-8(11)10-7(5)4-6;1-2-3-4/h1,3-5,7-13H,2,6,14-15H2,(H,28,31);2,4-5,7-10H,1,3,6,11H2;1-6H,7H2,(H,18,19);1-2,4H,3H2,(H,10,11);2H,1,3-4H2/b4-1+;;;;. The minimum absolute atomic E-state index is 0.0233. The van der Waals surface area contributed by atoms with Gasteiger partial charge in [-0.2, -0.15) is 0 Å². The number of pyridine rings is 3. The van der Waals surface area contributed by atoms with Crippen LogP contribution in [-0.2, 0) is 42.1 Å². The molecule has 22 heteroatoms. The third-order valence-electron chi connectivity index (χ3n) is 12.9. The number of halogens is 7. The number of ketones is 2. The lowest BCUT2D eigenvalue weighted by Crippen LogP contribution is -2.26. The molecule has 0 saturated heterocycles. The first kappa shape index (κ1) is 67.3. The largest absolute Gasteiger partial charge is 0.477 e. The normalized spacial score (nSPS) is 11.6. The van der Waals surface area contributed by atoms with Crippen LogP contribution in [0.1, 0.15) is 90.1 Å². The average molecular weight is 1320 g/mol. The molecule has 0 aliphatic carbocycles. The number of fused-ring (bicyclic) bond motifs is 2. The fourth-order valence-electron chi connectivity index (χ4n) is 8.53. The average Bonchev–Trinajstić information content (AvgIpc) is 4.20. The number of hydrogen-bond donors (Lipinski definition) is 4. The lowest BCUT2D eigenvalue weighted by atomic mass is 10.1. The Labute approximate surface area is 514 Å². The summed E-state index contributed by atoms with van der Waals surface area (Å²) in [6.45, 7) is 7.54. The summed E-state index contributed by atoms with van der Waals surface area (Å²) in [5, 5.41) is 14.4. The molecule has 8 aromatic rings. The number of anilines is 2. The summed E-state index contributed by atoms with van der Waals surface area (Å²) >= 11 is 2.23. The van der Waals surface area contributed by atoms with Crippen LogP contribution < -0.4 is 33.0 Å². The molecule has 3 aromatic heterocycles. The van der Waals surface area contributed by atoms with Crippen LogP contribution in [0.15, 0.2) is 192 Å². The molecule has 0 fully saturated rings. The van der Waals surface area contributed by atoms with Crippen molar-refractivity contribution >= 4 is 69.4 Å². The molecule has 10 rings (SSSR count). The topological polar surface area (TPSA) is 222 Å². The number of carbonyl (C=O) groups excluding carboxylic acids is 4. The van der Waals surface area contributed by atoms with Gasteiger partial charge < -0.3 is 35.2 Å². The molecule has 2 aliphatic rings. The Morgan fingerprint density at radius 2 is 0.920 bits per heavy atom. The van der Waals surface area contributed by atoms with Gasteiger partial charge in [-0.3, -0.25) is 33.6 Å². The molecular formula is C66H57F6IN6O9. The van der Waals surface area contributed by atoms with E-state index >= 15 is 0 Å². The number of amides is 2. The highest BCUT2D eigenvalue weighted by atomic mass is 127. The van der Waals surface area contributed by atoms with Gasteiger partial charge in [-0.15, -0.1) is 13.2 Å². The maximum absolute atomic E-state index is 13.4. The van der Waals surface area contributed by atoms with Gasteiger partial charge >= 0.3 is 5.97 Å². The third kappa shape index (κ3) is 19.4. The smallest absolute Gasteiger partial charge is 0.341 e. The van der Waals surface area contributed by atoms with Gasteiger partial charge in [-0.1, -0.05) is 60.7 Å². The van der Waals surface area contributed by atoms with E-state index in [1.54, 1.807) is 24.3 Å². The van der Waals surface area contributed by atoms with E-state index in [1.165, 1.54) is 70.2 Å². The number of nitrogens with zero attached hydrogens (tertiary/aromatic N) is 3. The second-order valence-electron chi connectivity index (χ2n) is 19.4. The number of Topliss-reactive ketones (excluding diaryl/α,β-unsaturated/α-hetero) is 2. The molecule has 5 N–H and O–H groups in total. The highest BCUT2D eigenvalue weighted by Crippen LogP contribution is 2.26. The van der Waals surface area contributed by atoms with Gasteiger partial charge in [0.2, 0.25) is 11.8 Å². The van der Waals surface area contributed by atoms with Crippen LogP contribution in [0.2, 0.25) is 0 Å². The first-order valence-corrected chi connectivity index (χ1v) is 28.0. The number of benzene rings is 5. The van der Waals surface area contributed by atoms with Gasteiger partial charge in [-0.05, 0) is 160 Å². The molecule has 0 radical (unpaired) electrons. The van der Waals surface area contributed by atoms with E-state index in [-0.39, 0.29) is 72.5 Å². The summed E-state index contributed by atoms with van der Waals surface area (Å²) in [5.41, 5.74) is 9.06. The van der Waals surface area contributed by atoms with E-state index in [9.17, 15) is 64.7 Å². The Morgan fingerprint density at radius 3 is 1.33 bits per heavy atom. The number of nitrogens with one attached hydrogen (secondary N) is 2. The van der Waals surface area contributed by atoms with E-state index in [1.807, 2.05) is 48.6 Å². The van der Waals surface area contributed by atoms with Gasteiger partial charge in [-0.25, -0.2) is 31.1 Å². The minimum Gasteiger partial charge on any atom is -0.477 e. The molecule has 0 atom stereocenters. The van der Waals surface area contributed by atoms with Crippen molar-refractivity contribution < 1.29 is 55.4 Å². The van der Waals surface area contributed by atoms with Crippen LogP contribution in [0.4, 0.5) is 37.7 Å². The lowest BCUT2D eigenvalue weighted by Gasteiger charge is -2.08. The third-order valence-corrected chi connectivity index (χ3v) is 13.6. The fraction of sp³-hybridized carbons (Fsp3) is 0.152. The summed E-state index contributed by atoms with van der Waals surface area (Å²) in [6, 6.07) is 30.5. The summed E-state index contributed by atoms with van der Waals surface area (Å²) in [5.74, 6) is -7.65. The quantitative estimate of drug-likeness (QED) is 0.0292. The molecule has 5 aromatic carbocycles. The predicted octanol–water partition coefficient (Wildman–Crippen LogP) is 11.5. The van der Waals surface area contributed by atoms with Crippen LogP contribution in [0.3, 0.4) is 0 Å². The van der Waals surface area contributed by atoms with Crippen molar-refractivity contribution in [3.05, 3.63) is 297 Å². The van der Waals surface area contributed by atoms with Crippen LogP contribution >= 0.6 is 22.6 Å². The number of carboxylic acid groups (broad SMARTS) is 1. The number of aromatic carboxylic acids is 1. The zero-order chi connectivity index (χ0) is 64.0. The number of carboxylic acids is 1. The van der Waals surface area contributed by atoms with E-state index in [2.05, 4.69) is 46.4 Å². The van der Waals surface area contributed by atoms with Crippen molar-refractivity contribution in [2.75, 3.05) is 17.2 Å². The predicted molar refractivity (Wildman–Crippen MR) is 331 cm³/mol. The Bertz CT molecular complexity index is 4140. The Morgan fingerprint density at radius 1 is 0.523 bits per heavy atom. The number of aromatic nitrogens is 3. The number of allylic oxidation sites excluding steroid dienone is 2. The van der Waals surface area contributed by atoms with E-state index in [0.717, 1.165) is 72.6 Å². The summed E-state index contributed by atoms with van der Waals surface area (Å²) < 4.78 is 83.3. The van der Waals surface area contributed by atoms with E-state index in [0.29, 0.717) is 48.9 Å². The van der Waals surface area contributed by atoms with Crippen molar-refractivity contribution in [3.8, 4) is 0 Å². The van der Waals surface area contributed by atoms with Crippen LogP contribution in [0, 0.1) is 38.5 Å². The number of rotatable bonds is 17. The van der Waals surface area contributed by atoms with Gasteiger partial charge in [0.25, 0.3) is 16.7 Å². The molecule has 88 heavy (non-hydrogen) atoms. The Kier molecular flexibility index (Phi) is 25.0. The first-order chi connectivity index (χ1) is 42.1. The van der Waals surface area contributed by atoms with E-state index < -0.39 is 57.6 Å². The SMILES string of the molecule is C=CCCC(=O)c1cccn(Cc2ccc(F)c(F)c2)c1=O.C=CCN.O=C(O)c1cccn(Cc2ccc(F)c(F)c2)c1=O.O=C1Cc2ccc(/C=C/CCC(=O)c3cccn(Cc4ccc(F)c(F)c4)c3=O)cc2N1.O=C1Cc2ccc(I)cc2N1. The highest BCUT2D eigenvalue weighted by Gasteiger charge is 2.19. The Hall–Kier alpha value is -9.81. The monoisotopic (exact) mass is 1320 g/mol. The van der Waals surface area contributed by atoms with Crippen molar-refractivity contribution in [1.29, 1.82) is 0 Å². The maximum Gasteiger partial charge on any atom is 0.341 e. The van der Waals surface area contributed by atoms with Crippen LogP contribution in [0.25, 0.3) is 6.08 Å². The molecule has 454 valence electrons. The van der Waals surface area contributed by atoms with Gasteiger partial charge in [0.05, 0.1) is 43.6 Å². The van der Waals surface area contributed by atoms with Gasteiger partial charge in [0.1, 0.15) is 5.56 Å². The molecular weight excluding hydrogens is 1260 g/mol. The summed E-state index contributed by atoms with van der Waals surface area (Å²) in [4.78, 5) is 94.4. The summed E-state index contributed by atoms with van der Waals surface area (Å²) in [7, 11) is 0. The molecule has 0 saturated carbocycles. The van der Waals surface area contributed by atoms with Gasteiger partial charge in [0.15, 0.2) is 46.5 Å². The summed E-state index contributed by atoms with van der Waals surface area (Å²) in [6.07, 6.45) is 13.6. The zero-order valence-corrected chi connectivity index (χ0v) is 49.1. The van der Waals surface area contributed by atoms with Crippen molar-refractivity contribution in [2.24, 2.45) is 5.73 Å². The molecule has 2 aliphatic heterocycles. The number of nitrogens with two attached hydrogens (primary N) is 1. The van der Waals surface area contributed by atoms with Crippen molar-refractivity contribution in [2.45, 2.75) is 58.2 Å². The lowest BCUT2D eigenvalue weighted by molar-refractivity contribution is -0.115. The van der Waals surface area contributed by atoms with Gasteiger partial charge in [0, 0.05) is 52.9 Å². The van der Waals surface area contributed by atoms with Crippen molar-refractivity contribution in [1.82, 2.24) is 13.7 Å². The molecule has 0 bridgehead atoms. The fourth-order valence-corrected chi connectivity index (χ4v) is 9.03. The number of hydrogen-bond acceptors (Lipinski definition) is 9. The van der Waals surface area contributed by atoms with Crippen LogP contribution in [0.5, 0.6) is 0 Å². The molecule has 0 unspecified atom stereocenters. The number of carbonyl (C=O) groups is 5. The molecule has 2 amide bonds. The first-order valence-electron chi connectivity index (χ1n) is 26.9. The van der Waals surface area contributed by atoms with Crippen molar-refractivity contribution in [3.63, 3.8) is 0 Å². The molecule has 15 nitrogen and oxygen atoms in total. The Balaban J connectivity index is 0.000000193. The van der Waals surface area contributed by atoms with E-state index in [4.69, 9.17) is 10.8 Å². The second kappa shape index (κ2) is 32.6. The zero-order valence-electron chi connectivity index (χ0n) is 46.9. The van der Waals surface area contributed by atoms with Crippen LogP contribution in [-0.4, -0.2) is 54.7 Å². The minimum atomic E-state index is -1.33. The molecule has 5 heterocycles. The maximum atomic E-state index is 13.4. The highest BCUT2D eigenvalue weighted by molar-refractivity contribution is 14.1. The second-order valence-corrected chi connectivity index (χ2v) is 20.7. The molecule has 0 spiro atoms.